The van der Waals surface area contributed by atoms with Gasteiger partial charge in [-0.2, -0.15) is 0 Å². The Kier molecular flexibility index (Phi) is 6.59. The van der Waals surface area contributed by atoms with Crippen molar-refractivity contribution >= 4 is 29.0 Å². The molecule has 0 unspecified atom stereocenters. The van der Waals surface area contributed by atoms with Crippen LogP contribution in [0.15, 0.2) is 36.4 Å². The van der Waals surface area contributed by atoms with E-state index in [1.807, 2.05) is 32.0 Å². The number of hydrogen-bond acceptors (Lipinski definition) is 3. The molecule has 1 amide bonds. The first-order chi connectivity index (χ1) is 12.0. The first-order valence-electron chi connectivity index (χ1n) is 8.30. The minimum absolute atomic E-state index is 0.164. The molecule has 0 heterocycles. The zero-order chi connectivity index (χ0) is 18.4. The summed E-state index contributed by atoms with van der Waals surface area (Å²) in [6, 6.07) is 10.8. The van der Waals surface area contributed by atoms with Crippen molar-refractivity contribution in [2.24, 2.45) is 0 Å². The molecule has 2 aromatic carbocycles. The van der Waals surface area contributed by atoms with E-state index in [2.05, 4.69) is 5.32 Å². The van der Waals surface area contributed by atoms with Gasteiger partial charge in [0.2, 0.25) is 0 Å². The summed E-state index contributed by atoms with van der Waals surface area (Å²) in [5, 5.41) is 3.39. The standard InChI is InChI=1S/C20H22ClNO3/c1-4-14-7-6-8-15(5-2)20(14)22-19(24)12-25-18-10-9-16(21)11-17(18)13(3)23/h6-11H,4-5,12H2,1-3H3,(H,22,24). The van der Waals surface area contributed by atoms with Crippen LogP contribution in [0.3, 0.4) is 0 Å². The van der Waals surface area contributed by atoms with E-state index in [-0.39, 0.29) is 18.3 Å². The Bertz CT molecular complexity index is 764. The van der Waals surface area contributed by atoms with Gasteiger partial charge in [0.25, 0.3) is 5.91 Å². The lowest BCUT2D eigenvalue weighted by molar-refractivity contribution is -0.118. The number of ketones is 1. The predicted octanol–water partition coefficient (Wildman–Crippen LogP) is 4.68. The average molecular weight is 360 g/mol. The molecule has 0 aromatic heterocycles. The fourth-order valence-electron chi connectivity index (χ4n) is 2.63. The van der Waals surface area contributed by atoms with E-state index in [4.69, 9.17) is 16.3 Å². The van der Waals surface area contributed by atoms with Crippen molar-refractivity contribution in [3.8, 4) is 5.75 Å². The number of para-hydroxylation sites is 1. The number of aryl methyl sites for hydroxylation is 2. The Hall–Kier alpha value is -2.33. The van der Waals surface area contributed by atoms with Gasteiger partial charge in [-0.3, -0.25) is 9.59 Å². The van der Waals surface area contributed by atoms with Gasteiger partial charge in [0.15, 0.2) is 12.4 Å². The molecule has 132 valence electrons. The second-order valence-corrected chi connectivity index (χ2v) is 6.13. The van der Waals surface area contributed by atoms with Crippen molar-refractivity contribution in [3.63, 3.8) is 0 Å². The lowest BCUT2D eigenvalue weighted by Crippen LogP contribution is -2.22. The molecule has 0 radical (unpaired) electrons. The molecule has 0 bridgehead atoms. The van der Waals surface area contributed by atoms with Gasteiger partial charge in [0, 0.05) is 10.7 Å². The Balaban J connectivity index is 2.11. The van der Waals surface area contributed by atoms with Gasteiger partial charge in [0.1, 0.15) is 5.75 Å². The molecule has 0 aliphatic rings. The molecule has 2 aromatic rings. The molecule has 4 nitrogen and oxygen atoms in total. The monoisotopic (exact) mass is 359 g/mol. The molecule has 0 aliphatic heterocycles. The maximum Gasteiger partial charge on any atom is 0.262 e. The highest BCUT2D eigenvalue weighted by Crippen LogP contribution is 2.24. The van der Waals surface area contributed by atoms with E-state index in [1.54, 1.807) is 18.2 Å². The largest absolute Gasteiger partial charge is 0.483 e. The Morgan fingerprint density at radius 3 is 2.28 bits per heavy atom. The van der Waals surface area contributed by atoms with Crippen LogP contribution in [-0.4, -0.2) is 18.3 Å². The van der Waals surface area contributed by atoms with Crippen LogP contribution in [0, 0.1) is 0 Å². The van der Waals surface area contributed by atoms with E-state index in [9.17, 15) is 9.59 Å². The molecule has 0 atom stereocenters. The second kappa shape index (κ2) is 8.67. The zero-order valence-electron chi connectivity index (χ0n) is 14.7. The molecule has 0 fully saturated rings. The SMILES string of the molecule is CCc1cccc(CC)c1NC(=O)COc1ccc(Cl)cc1C(C)=O. The van der Waals surface area contributed by atoms with Crippen LogP contribution < -0.4 is 10.1 Å². The Morgan fingerprint density at radius 1 is 1.08 bits per heavy atom. The fourth-order valence-corrected chi connectivity index (χ4v) is 2.80. The number of ether oxygens (including phenoxy) is 1. The first-order valence-corrected chi connectivity index (χ1v) is 8.67. The van der Waals surface area contributed by atoms with Crippen molar-refractivity contribution in [2.75, 3.05) is 11.9 Å². The van der Waals surface area contributed by atoms with Crippen LogP contribution in [0.1, 0.15) is 42.3 Å². The molecule has 0 spiro atoms. The summed E-state index contributed by atoms with van der Waals surface area (Å²) < 4.78 is 5.54. The predicted molar refractivity (Wildman–Crippen MR) is 101 cm³/mol. The van der Waals surface area contributed by atoms with Crippen LogP contribution in [0.4, 0.5) is 5.69 Å². The number of rotatable bonds is 7. The van der Waals surface area contributed by atoms with Crippen LogP contribution in [-0.2, 0) is 17.6 Å². The van der Waals surface area contributed by atoms with Crippen LogP contribution in [0.5, 0.6) is 5.75 Å². The summed E-state index contributed by atoms with van der Waals surface area (Å²) in [6.07, 6.45) is 1.66. The molecular weight excluding hydrogens is 338 g/mol. The highest BCUT2D eigenvalue weighted by atomic mass is 35.5. The third kappa shape index (κ3) is 4.83. The van der Waals surface area contributed by atoms with Crippen LogP contribution in [0.2, 0.25) is 5.02 Å². The number of carbonyl (C=O) groups excluding carboxylic acids is 2. The Morgan fingerprint density at radius 2 is 1.72 bits per heavy atom. The van der Waals surface area contributed by atoms with Crippen molar-refractivity contribution in [3.05, 3.63) is 58.1 Å². The van der Waals surface area contributed by atoms with Gasteiger partial charge in [-0.15, -0.1) is 0 Å². The smallest absolute Gasteiger partial charge is 0.262 e. The van der Waals surface area contributed by atoms with E-state index in [0.717, 1.165) is 29.7 Å². The molecule has 2 rings (SSSR count). The summed E-state index contributed by atoms with van der Waals surface area (Å²) in [5.74, 6) is -0.0749. The zero-order valence-corrected chi connectivity index (χ0v) is 15.4. The molecule has 0 saturated carbocycles. The van der Waals surface area contributed by atoms with E-state index in [1.165, 1.54) is 6.92 Å². The minimum Gasteiger partial charge on any atom is -0.483 e. The fraction of sp³-hybridized carbons (Fsp3) is 0.300. The molecular formula is C20H22ClNO3. The summed E-state index contributed by atoms with van der Waals surface area (Å²) in [5.41, 5.74) is 3.39. The maximum atomic E-state index is 12.3. The third-order valence-corrected chi connectivity index (χ3v) is 4.18. The summed E-state index contributed by atoms with van der Waals surface area (Å²) >= 11 is 5.91. The van der Waals surface area contributed by atoms with Crippen LogP contribution in [0.25, 0.3) is 0 Å². The molecule has 0 aliphatic carbocycles. The van der Waals surface area contributed by atoms with Crippen molar-refractivity contribution in [1.29, 1.82) is 0 Å². The number of halogens is 1. The molecule has 5 heteroatoms. The maximum absolute atomic E-state index is 12.3. The number of anilines is 1. The Labute approximate surface area is 153 Å². The van der Waals surface area contributed by atoms with E-state index < -0.39 is 0 Å². The second-order valence-electron chi connectivity index (χ2n) is 5.69. The summed E-state index contributed by atoms with van der Waals surface area (Å²) in [6.45, 7) is 5.36. The van der Waals surface area contributed by atoms with Gasteiger partial charge < -0.3 is 10.1 Å². The highest BCUT2D eigenvalue weighted by molar-refractivity contribution is 6.31. The highest BCUT2D eigenvalue weighted by Gasteiger charge is 2.13. The first kappa shape index (κ1) is 19.0. The number of nitrogens with one attached hydrogen (secondary N) is 1. The summed E-state index contributed by atoms with van der Waals surface area (Å²) in [7, 11) is 0. The van der Waals surface area contributed by atoms with Crippen molar-refractivity contribution in [2.45, 2.75) is 33.6 Å². The minimum atomic E-state index is -0.264. The molecule has 0 saturated heterocycles. The number of carbonyl (C=O) groups is 2. The lowest BCUT2D eigenvalue weighted by atomic mass is 10.0. The normalized spacial score (nSPS) is 10.4. The van der Waals surface area contributed by atoms with Gasteiger partial charge in [-0.05, 0) is 49.1 Å². The number of benzene rings is 2. The summed E-state index contributed by atoms with van der Waals surface area (Å²) in [4.78, 5) is 24.0. The van der Waals surface area contributed by atoms with Gasteiger partial charge >= 0.3 is 0 Å². The number of Topliss-reactive ketones (excluding diaryl/α,β-unsaturated/α-hetero) is 1. The van der Waals surface area contributed by atoms with Gasteiger partial charge in [-0.25, -0.2) is 0 Å². The third-order valence-electron chi connectivity index (χ3n) is 3.94. The molecule has 25 heavy (non-hydrogen) atoms. The van der Waals surface area contributed by atoms with E-state index >= 15 is 0 Å². The lowest BCUT2D eigenvalue weighted by Gasteiger charge is -2.15. The molecule has 1 N–H and O–H groups in total. The van der Waals surface area contributed by atoms with Gasteiger partial charge in [0.05, 0.1) is 5.56 Å². The van der Waals surface area contributed by atoms with E-state index in [0.29, 0.717) is 16.3 Å². The average Bonchev–Trinajstić information content (AvgIpc) is 2.60. The number of hydrogen-bond donors (Lipinski definition) is 1. The van der Waals surface area contributed by atoms with Crippen LogP contribution >= 0.6 is 11.6 Å². The topological polar surface area (TPSA) is 55.4 Å². The van der Waals surface area contributed by atoms with Crippen molar-refractivity contribution in [1.82, 2.24) is 0 Å². The van der Waals surface area contributed by atoms with Gasteiger partial charge in [-0.1, -0.05) is 43.6 Å². The quantitative estimate of drug-likeness (QED) is 0.730. The van der Waals surface area contributed by atoms with Crippen molar-refractivity contribution < 1.29 is 14.3 Å². The number of amides is 1.